The number of rotatable bonds is 6. The van der Waals surface area contributed by atoms with E-state index >= 15 is 0 Å². The maximum absolute atomic E-state index is 13.0. The summed E-state index contributed by atoms with van der Waals surface area (Å²) in [6, 6.07) is 25.9. The van der Waals surface area contributed by atoms with Gasteiger partial charge in [0.25, 0.3) is 5.91 Å². The SMILES string of the molecule is O=C1/C(=C/c2cccs2)S/C(=N/N=C\c2ccc(-c3ccccc3)cc2)N1Cc1ccco1. The molecule has 3 heterocycles. The number of thiophene rings is 1. The number of amides is 1. The fraction of sp³-hybridized carbons (Fsp3) is 0.0385. The van der Waals surface area contributed by atoms with Gasteiger partial charge in [0.1, 0.15) is 5.76 Å². The third-order valence-corrected chi connectivity index (χ3v) is 6.78. The van der Waals surface area contributed by atoms with E-state index in [1.54, 1.807) is 34.8 Å². The molecule has 0 atom stereocenters. The van der Waals surface area contributed by atoms with E-state index in [-0.39, 0.29) is 5.91 Å². The van der Waals surface area contributed by atoms with Gasteiger partial charge in [0.15, 0.2) is 5.17 Å². The molecule has 0 radical (unpaired) electrons. The van der Waals surface area contributed by atoms with Crippen LogP contribution in [-0.2, 0) is 11.3 Å². The number of nitrogens with zero attached hydrogens (tertiary/aromatic N) is 3. The van der Waals surface area contributed by atoms with Crippen LogP contribution in [-0.4, -0.2) is 22.2 Å². The fourth-order valence-corrected chi connectivity index (χ4v) is 4.98. The molecule has 2 aromatic heterocycles. The summed E-state index contributed by atoms with van der Waals surface area (Å²) in [6.07, 6.45) is 5.18. The van der Waals surface area contributed by atoms with Gasteiger partial charge in [0, 0.05) is 4.88 Å². The topological polar surface area (TPSA) is 58.2 Å². The van der Waals surface area contributed by atoms with Gasteiger partial charge in [0.2, 0.25) is 0 Å². The van der Waals surface area contributed by atoms with Crippen LogP contribution < -0.4 is 0 Å². The highest BCUT2D eigenvalue weighted by Crippen LogP contribution is 2.34. The summed E-state index contributed by atoms with van der Waals surface area (Å²) in [6.45, 7) is 0.306. The van der Waals surface area contributed by atoms with Gasteiger partial charge >= 0.3 is 0 Å². The first-order chi connectivity index (χ1) is 16.3. The maximum atomic E-state index is 13.0. The van der Waals surface area contributed by atoms with Crippen molar-refractivity contribution in [3.05, 3.63) is 112 Å². The first kappa shape index (κ1) is 21.2. The molecule has 1 aliphatic heterocycles. The Labute approximate surface area is 199 Å². The molecule has 7 heteroatoms. The van der Waals surface area contributed by atoms with Gasteiger partial charge in [-0.3, -0.25) is 9.69 Å². The van der Waals surface area contributed by atoms with Crippen molar-refractivity contribution in [1.82, 2.24) is 4.90 Å². The summed E-state index contributed by atoms with van der Waals surface area (Å²) in [5.41, 5.74) is 3.24. The predicted octanol–water partition coefficient (Wildman–Crippen LogP) is 6.51. The summed E-state index contributed by atoms with van der Waals surface area (Å²) in [5, 5.41) is 11.1. The lowest BCUT2D eigenvalue weighted by atomic mass is 10.0. The first-order valence-corrected chi connectivity index (χ1v) is 12.0. The van der Waals surface area contributed by atoms with Crippen molar-refractivity contribution in [2.45, 2.75) is 6.54 Å². The molecule has 0 spiro atoms. The number of amidine groups is 1. The van der Waals surface area contributed by atoms with Crippen LogP contribution in [0.25, 0.3) is 17.2 Å². The Morgan fingerprint density at radius 3 is 2.45 bits per heavy atom. The molecule has 2 aromatic carbocycles. The standard InChI is InChI=1S/C26H19N3O2S2/c30-25-24(16-23-9-5-15-32-23)33-26(29(25)18-22-8-4-14-31-22)28-27-17-19-10-12-21(13-11-19)20-6-2-1-3-7-20/h1-17H,18H2/b24-16-,27-17-,28-26+. The van der Waals surface area contributed by atoms with Crippen molar-refractivity contribution >= 4 is 46.5 Å². The molecular formula is C26H19N3O2S2. The van der Waals surface area contributed by atoms with Crippen LogP contribution in [0.4, 0.5) is 0 Å². The van der Waals surface area contributed by atoms with Crippen LogP contribution in [0.15, 0.2) is 110 Å². The van der Waals surface area contributed by atoms with Crippen LogP contribution >= 0.6 is 23.1 Å². The van der Waals surface area contributed by atoms with Gasteiger partial charge in [-0.2, -0.15) is 5.10 Å². The fourth-order valence-electron chi connectivity index (χ4n) is 3.32. The molecule has 4 aromatic rings. The minimum Gasteiger partial charge on any atom is -0.467 e. The van der Waals surface area contributed by atoms with E-state index in [2.05, 4.69) is 34.5 Å². The van der Waals surface area contributed by atoms with Gasteiger partial charge in [0.05, 0.1) is 23.9 Å². The second-order valence-electron chi connectivity index (χ2n) is 7.21. The molecule has 0 N–H and O–H groups in total. The highest BCUT2D eigenvalue weighted by molar-refractivity contribution is 8.18. The molecule has 0 bridgehead atoms. The summed E-state index contributed by atoms with van der Waals surface area (Å²) < 4.78 is 5.44. The van der Waals surface area contributed by atoms with Gasteiger partial charge < -0.3 is 4.42 Å². The molecule has 33 heavy (non-hydrogen) atoms. The Morgan fingerprint density at radius 2 is 1.73 bits per heavy atom. The summed E-state index contributed by atoms with van der Waals surface area (Å²) >= 11 is 2.91. The van der Waals surface area contributed by atoms with E-state index < -0.39 is 0 Å². The van der Waals surface area contributed by atoms with Crippen LogP contribution in [0.3, 0.4) is 0 Å². The zero-order valence-corrected chi connectivity index (χ0v) is 19.1. The number of hydrogen-bond acceptors (Lipinski definition) is 6. The Balaban J connectivity index is 1.36. The number of hydrogen-bond donors (Lipinski definition) is 0. The number of benzene rings is 2. The first-order valence-electron chi connectivity index (χ1n) is 10.3. The van der Waals surface area contributed by atoms with Crippen LogP contribution in [0.2, 0.25) is 0 Å². The van der Waals surface area contributed by atoms with Gasteiger partial charge in [-0.05, 0) is 58.1 Å². The number of carbonyl (C=O) groups excluding carboxylic acids is 1. The van der Waals surface area contributed by atoms with E-state index in [0.29, 0.717) is 22.4 Å². The van der Waals surface area contributed by atoms with Crippen LogP contribution in [0, 0.1) is 0 Å². The van der Waals surface area contributed by atoms with E-state index in [1.165, 1.54) is 17.3 Å². The van der Waals surface area contributed by atoms with E-state index in [0.717, 1.165) is 16.0 Å². The molecule has 0 saturated carbocycles. The van der Waals surface area contributed by atoms with Gasteiger partial charge in [-0.25, -0.2) is 0 Å². The van der Waals surface area contributed by atoms with Crippen molar-refractivity contribution in [3.8, 4) is 11.1 Å². The van der Waals surface area contributed by atoms with E-state index in [4.69, 9.17) is 4.42 Å². The quantitative estimate of drug-likeness (QED) is 0.184. The molecule has 1 saturated heterocycles. The molecule has 5 rings (SSSR count). The average molecular weight is 470 g/mol. The van der Waals surface area contributed by atoms with Gasteiger partial charge in [-0.1, -0.05) is 60.7 Å². The van der Waals surface area contributed by atoms with E-state index in [1.807, 2.05) is 60.0 Å². The van der Waals surface area contributed by atoms with Crippen LogP contribution in [0.5, 0.6) is 0 Å². The third-order valence-electron chi connectivity index (χ3n) is 4.97. The third kappa shape index (κ3) is 5.05. The predicted molar refractivity (Wildman–Crippen MR) is 136 cm³/mol. The van der Waals surface area contributed by atoms with Crippen molar-refractivity contribution in [1.29, 1.82) is 0 Å². The summed E-state index contributed by atoms with van der Waals surface area (Å²) in [4.78, 5) is 16.3. The van der Waals surface area contributed by atoms with Crippen molar-refractivity contribution < 1.29 is 9.21 Å². The largest absolute Gasteiger partial charge is 0.467 e. The number of carbonyl (C=O) groups is 1. The lowest BCUT2D eigenvalue weighted by Gasteiger charge is -2.12. The smallest absolute Gasteiger partial charge is 0.267 e. The lowest BCUT2D eigenvalue weighted by Crippen LogP contribution is -2.28. The van der Waals surface area contributed by atoms with Crippen LogP contribution in [0.1, 0.15) is 16.2 Å². The Hall–Kier alpha value is -3.68. The zero-order chi connectivity index (χ0) is 22.5. The molecule has 0 unspecified atom stereocenters. The second kappa shape index (κ2) is 9.85. The molecular weight excluding hydrogens is 450 g/mol. The monoisotopic (exact) mass is 469 g/mol. The number of thioether (sulfide) groups is 1. The van der Waals surface area contributed by atoms with Gasteiger partial charge in [-0.15, -0.1) is 16.4 Å². The Bertz CT molecular complexity index is 1310. The minimum absolute atomic E-state index is 0.106. The Morgan fingerprint density at radius 1 is 0.909 bits per heavy atom. The van der Waals surface area contributed by atoms with E-state index in [9.17, 15) is 4.79 Å². The normalized spacial score (nSPS) is 16.5. The van der Waals surface area contributed by atoms with Crippen molar-refractivity contribution in [2.24, 2.45) is 10.2 Å². The lowest BCUT2D eigenvalue weighted by molar-refractivity contribution is -0.122. The average Bonchev–Trinajstić information content (AvgIpc) is 3.61. The molecule has 1 amide bonds. The minimum atomic E-state index is -0.106. The van der Waals surface area contributed by atoms with Crippen molar-refractivity contribution in [2.75, 3.05) is 0 Å². The zero-order valence-electron chi connectivity index (χ0n) is 17.5. The Kier molecular flexibility index (Phi) is 6.32. The number of furan rings is 1. The molecule has 1 aliphatic rings. The highest BCUT2D eigenvalue weighted by Gasteiger charge is 2.34. The molecule has 5 nitrogen and oxygen atoms in total. The molecule has 0 aliphatic carbocycles. The summed E-state index contributed by atoms with van der Waals surface area (Å²) in [7, 11) is 0. The highest BCUT2D eigenvalue weighted by atomic mass is 32.2. The molecule has 162 valence electrons. The summed E-state index contributed by atoms with van der Waals surface area (Å²) in [5.74, 6) is 0.584. The molecule has 1 fully saturated rings. The second-order valence-corrected chi connectivity index (χ2v) is 9.20. The maximum Gasteiger partial charge on any atom is 0.267 e. The van der Waals surface area contributed by atoms with Crippen molar-refractivity contribution in [3.63, 3.8) is 0 Å².